The van der Waals surface area contributed by atoms with Crippen LogP contribution in [-0.2, 0) is 26.1 Å². The van der Waals surface area contributed by atoms with Crippen LogP contribution < -0.4 is 11.1 Å². The lowest BCUT2D eigenvalue weighted by molar-refractivity contribution is -0.116. The normalized spacial score (nSPS) is 15.4. The van der Waals surface area contributed by atoms with Crippen LogP contribution in [-0.4, -0.2) is 49.5 Å². The minimum absolute atomic E-state index is 0.148. The molecule has 10 heteroatoms. The highest BCUT2D eigenvalue weighted by Crippen LogP contribution is 2.19. The molecule has 1 amide bonds. The standard InChI is InChI=1S/C19H19N3O6S/c23-18(13-22-16-3-1-2-4-17(16)28-19(22)24)20-14-5-7-15(8-6-14)29(25,26)21-9-11-27-12-10-21/h1-8H,9-13H2,(H,20,23). The molecule has 0 bridgehead atoms. The van der Waals surface area contributed by atoms with Crippen molar-refractivity contribution in [1.29, 1.82) is 0 Å². The van der Waals surface area contributed by atoms with Gasteiger partial charge in [0.1, 0.15) is 6.54 Å². The van der Waals surface area contributed by atoms with Gasteiger partial charge in [0.05, 0.1) is 23.6 Å². The number of sulfonamides is 1. The highest BCUT2D eigenvalue weighted by molar-refractivity contribution is 7.89. The van der Waals surface area contributed by atoms with Crippen LogP contribution in [0.3, 0.4) is 0 Å². The maximum atomic E-state index is 12.6. The zero-order valence-corrected chi connectivity index (χ0v) is 16.2. The molecule has 0 aliphatic carbocycles. The van der Waals surface area contributed by atoms with Gasteiger partial charge in [-0.05, 0) is 36.4 Å². The minimum Gasteiger partial charge on any atom is -0.408 e. The van der Waals surface area contributed by atoms with Gasteiger partial charge in [-0.25, -0.2) is 13.2 Å². The molecule has 2 aromatic carbocycles. The van der Waals surface area contributed by atoms with E-state index in [0.717, 1.165) is 0 Å². The van der Waals surface area contributed by atoms with E-state index in [1.165, 1.54) is 33.1 Å². The number of amides is 1. The molecular formula is C19H19N3O6S. The molecule has 1 aromatic heterocycles. The molecule has 0 spiro atoms. The summed E-state index contributed by atoms with van der Waals surface area (Å²) in [4.78, 5) is 24.5. The van der Waals surface area contributed by atoms with E-state index < -0.39 is 21.7 Å². The number of oxazole rings is 1. The van der Waals surface area contributed by atoms with E-state index in [1.807, 2.05) is 0 Å². The summed E-state index contributed by atoms with van der Waals surface area (Å²) in [5.74, 6) is -1.05. The second kappa shape index (κ2) is 7.82. The highest BCUT2D eigenvalue weighted by Gasteiger charge is 2.26. The fourth-order valence-electron chi connectivity index (χ4n) is 3.15. The van der Waals surface area contributed by atoms with Crippen LogP contribution in [0.15, 0.2) is 62.6 Å². The number of anilines is 1. The first-order chi connectivity index (χ1) is 13.9. The quantitative estimate of drug-likeness (QED) is 0.669. The van der Waals surface area contributed by atoms with Gasteiger partial charge in [0.2, 0.25) is 15.9 Å². The van der Waals surface area contributed by atoms with Crippen LogP contribution in [0.2, 0.25) is 0 Å². The molecule has 2 heterocycles. The highest BCUT2D eigenvalue weighted by atomic mass is 32.2. The van der Waals surface area contributed by atoms with Gasteiger partial charge in [-0.3, -0.25) is 9.36 Å². The molecule has 9 nitrogen and oxygen atoms in total. The van der Waals surface area contributed by atoms with Crippen molar-refractivity contribution < 1.29 is 22.4 Å². The van der Waals surface area contributed by atoms with Gasteiger partial charge in [-0.15, -0.1) is 0 Å². The van der Waals surface area contributed by atoms with E-state index in [0.29, 0.717) is 43.1 Å². The molecule has 3 aromatic rings. The predicted octanol–water partition coefficient (Wildman–Crippen LogP) is 1.25. The van der Waals surface area contributed by atoms with Crippen molar-refractivity contribution in [3.8, 4) is 0 Å². The van der Waals surface area contributed by atoms with Crippen LogP contribution in [0.5, 0.6) is 0 Å². The molecule has 1 fully saturated rings. The number of ether oxygens (including phenoxy) is 1. The maximum absolute atomic E-state index is 12.6. The van der Waals surface area contributed by atoms with Crippen molar-refractivity contribution in [2.75, 3.05) is 31.6 Å². The summed E-state index contributed by atoms with van der Waals surface area (Å²) in [6.45, 7) is 1.15. The van der Waals surface area contributed by atoms with Crippen molar-refractivity contribution in [1.82, 2.24) is 8.87 Å². The smallest absolute Gasteiger partial charge is 0.408 e. The lowest BCUT2D eigenvalue weighted by Gasteiger charge is -2.26. The van der Waals surface area contributed by atoms with Crippen molar-refractivity contribution in [2.45, 2.75) is 11.4 Å². The Labute approximate surface area is 166 Å². The molecule has 0 radical (unpaired) electrons. The number of rotatable bonds is 5. The first-order valence-corrected chi connectivity index (χ1v) is 10.5. The third-order valence-corrected chi connectivity index (χ3v) is 6.53. The number of morpholine rings is 1. The van der Waals surface area contributed by atoms with Crippen molar-refractivity contribution in [3.63, 3.8) is 0 Å². The molecule has 1 saturated heterocycles. The molecule has 1 aliphatic heterocycles. The maximum Gasteiger partial charge on any atom is 0.420 e. The monoisotopic (exact) mass is 417 g/mol. The first kappa shape index (κ1) is 19.4. The predicted molar refractivity (Wildman–Crippen MR) is 105 cm³/mol. The second-order valence-electron chi connectivity index (χ2n) is 6.51. The first-order valence-electron chi connectivity index (χ1n) is 9.01. The summed E-state index contributed by atoms with van der Waals surface area (Å²) in [5, 5.41) is 2.66. The minimum atomic E-state index is -3.60. The Bertz CT molecular complexity index is 1190. The Balaban J connectivity index is 1.46. The topological polar surface area (TPSA) is 111 Å². The Morgan fingerprint density at radius 1 is 1.03 bits per heavy atom. The molecule has 0 saturated carbocycles. The Morgan fingerprint density at radius 3 is 2.45 bits per heavy atom. The van der Waals surface area contributed by atoms with Crippen molar-refractivity contribution in [2.24, 2.45) is 0 Å². The summed E-state index contributed by atoms with van der Waals surface area (Å²) in [5.41, 5.74) is 1.36. The largest absolute Gasteiger partial charge is 0.420 e. The van der Waals surface area contributed by atoms with Crippen LogP contribution in [0, 0.1) is 0 Å². The van der Waals surface area contributed by atoms with Gasteiger partial charge in [0, 0.05) is 18.8 Å². The number of nitrogens with zero attached hydrogens (tertiary/aromatic N) is 2. The Hall–Kier alpha value is -2.95. The third-order valence-electron chi connectivity index (χ3n) is 4.62. The fourth-order valence-corrected chi connectivity index (χ4v) is 4.56. The van der Waals surface area contributed by atoms with Gasteiger partial charge in [0.15, 0.2) is 5.58 Å². The summed E-state index contributed by atoms with van der Waals surface area (Å²) in [7, 11) is -3.60. The van der Waals surface area contributed by atoms with E-state index in [9.17, 15) is 18.0 Å². The van der Waals surface area contributed by atoms with E-state index in [4.69, 9.17) is 9.15 Å². The van der Waals surface area contributed by atoms with Gasteiger partial charge in [-0.2, -0.15) is 4.31 Å². The SMILES string of the molecule is O=C(Cn1c(=O)oc2ccccc21)Nc1ccc(S(=O)(=O)N2CCOCC2)cc1. The average molecular weight is 417 g/mol. The average Bonchev–Trinajstić information content (AvgIpc) is 3.04. The van der Waals surface area contributed by atoms with Crippen molar-refractivity contribution in [3.05, 3.63) is 59.1 Å². The summed E-state index contributed by atoms with van der Waals surface area (Å²) >= 11 is 0. The van der Waals surface area contributed by atoms with Crippen LogP contribution >= 0.6 is 0 Å². The molecule has 0 atom stereocenters. The zero-order valence-electron chi connectivity index (χ0n) is 15.4. The van der Waals surface area contributed by atoms with Gasteiger partial charge in [0.25, 0.3) is 0 Å². The molecule has 1 aliphatic rings. The molecule has 4 rings (SSSR count). The molecule has 0 unspecified atom stereocenters. The fraction of sp³-hybridized carbons (Fsp3) is 0.263. The summed E-state index contributed by atoms with van der Waals surface area (Å²) < 4.78 is 38.2. The van der Waals surface area contributed by atoms with E-state index in [2.05, 4.69) is 5.32 Å². The lowest BCUT2D eigenvalue weighted by Crippen LogP contribution is -2.40. The van der Waals surface area contributed by atoms with Crippen molar-refractivity contribution >= 4 is 32.7 Å². The van der Waals surface area contributed by atoms with E-state index in [-0.39, 0.29) is 11.4 Å². The number of carbonyl (C=O) groups excluding carboxylic acids is 1. The number of hydrogen-bond acceptors (Lipinski definition) is 6. The van der Waals surface area contributed by atoms with Gasteiger partial charge >= 0.3 is 5.76 Å². The van der Waals surface area contributed by atoms with Crippen LogP contribution in [0.25, 0.3) is 11.1 Å². The van der Waals surface area contributed by atoms with E-state index >= 15 is 0 Å². The van der Waals surface area contributed by atoms with Crippen LogP contribution in [0.1, 0.15) is 0 Å². The number of fused-ring (bicyclic) bond motifs is 1. The summed E-state index contributed by atoms with van der Waals surface area (Å²) in [6, 6.07) is 12.8. The number of hydrogen-bond donors (Lipinski definition) is 1. The number of benzene rings is 2. The van der Waals surface area contributed by atoms with E-state index in [1.54, 1.807) is 24.3 Å². The number of para-hydroxylation sites is 2. The lowest BCUT2D eigenvalue weighted by atomic mass is 10.3. The third kappa shape index (κ3) is 3.95. The summed E-state index contributed by atoms with van der Waals surface area (Å²) in [6.07, 6.45) is 0. The molecule has 152 valence electrons. The molecular weight excluding hydrogens is 398 g/mol. The number of aromatic nitrogens is 1. The molecule has 1 N–H and O–H groups in total. The number of nitrogens with one attached hydrogen (secondary N) is 1. The Kier molecular flexibility index (Phi) is 5.22. The van der Waals surface area contributed by atoms with Gasteiger partial charge in [-0.1, -0.05) is 12.1 Å². The van der Waals surface area contributed by atoms with Crippen LogP contribution in [0.4, 0.5) is 5.69 Å². The zero-order chi connectivity index (χ0) is 20.4. The second-order valence-corrected chi connectivity index (χ2v) is 8.45. The van der Waals surface area contributed by atoms with Gasteiger partial charge < -0.3 is 14.5 Å². The number of carbonyl (C=O) groups is 1. The Morgan fingerprint density at radius 2 is 1.72 bits per heavy atom. The molecule has 29 heavy (non-hydrogen) atoms.